The molecule has 1 aromatic rings. The third-order valence-corrected chi connectivity index (χ3v) is 6.72. The van der Waals surface area contributed by atoms with Crippen molar-refractivity contribution in [2.75, 3.05) is 30.2 Å². The molecule has 2 aliphatic heterocycles. The Morgan fingerprint density at radius 3 is 2.44 bits per heavy atom. The van der Waals surface area contributed by atoms with Crippen LogP contribution in [0.5, 0.6) is 0 Å². The summed E-state index contributed by atoms with van der Waals surface area (Å²) < 4.78 is 25.4. The molecule has 0 radical (unpaired) electrons. The minimum Gasteiger partial charge on any atom is -0.339 e. The third-order valence-electron chi connectivity index (χ3n) is 5.62. The van der Waals surface area contributed by atoms with E-state index in [1.54, 1.807) is 11.1 Å². The number of carbonyl (C=O) groups excluding carboxylic acids is 1. The highest BCUT2D eigenvalue weighted by atomic mass is 32.2. The first kappa shape index (κ1) is 16.3. The van der Waals surface area contributed by atoms with Crippen LogP contribution < -0.4 is 4.31 Å². The first-order valence-corrected chi connectivity index (χ1v) is 10.2. The smallest absolute Gasteiger partial charge is 0.243 e. The summed E-state index contributed by atoms with van der Waals surface area (Å²) in [5.41, 5.74) is -0.790. The molecule has 0 atom stereocenters. The van der Waals surface area contributed by atoms with Crippen molar-refractivity contribution in [1.29, 1.82) is 5.26 Å². The highest BCUT2D eigenvalue weighted by molar-refractivity contribution is 7.92. The van der Waals surface area contributed by atoms with Gasteiger partial charge in [0.05, 0.1) is 30.0 Å². The Bertz CT molecular complexity index is 879. The molecule has 1 saturated carbocycles. The van der Waals surface area contributed by atoms with Crippen molar-refractivity contribution < 1.29 is 13.2 Å². The summed E-state index contributed by atoms with van der Waals surface area (Å²) in [4.78, 5) is 23.1. The van der Waals surface area contributed by atoms with Crippen molar-refractivity contribution >= 4 is 21.7 Å². The minimum atomic E-state index is -3.46. The van der Waals surface area contributed by atoms with Crippen LogP contribution in [0.25, 0.3) is 0 Å². The second kappa shape index (κ2) is 5.14. The predicted molar refractivity (Wildman–Crippen MR) is 89.0 cm³/mol. The van der Waals surface area contributed by atoms with Crippen LogP contribution in [0, 0.1) is 16.7 Å². The van der Waals surface area contributed by atoms with Gasteiger partial charge < -0.3 is 4.90 Å². The monoisotopic (exact) mass is 361 g/mol. The van der Waals surface area contributed by atoms with Crippen LogP contribution in [0.3, 0.4) is 0 Å². The number of aromatic nitrogens is 2. The molecule has 0 unspecified atom stereocenters. The minimum absolute atomic E-state index is 0.124. The van der Waals surface area contributed by atoms with Crippen LogP contribution in [-0.2, 0) is 20.2 Å². The van der Waals surface area contributed by atoms with Crippen molar-refractivity contribution in [1.82, 2.24) is 14.9 Å². The van der Waals surface area contributed by atoms with Crippen LogP contribution in [0.4, 0.5) is 5.82 Å². The maximum Gasteiger partial charge on any atom is 0.243 e. The van der Waals surface area contributed by atoms with Crippen molar-refractivity contribution in [2.45, 2.75) is 31.1 Å². The highest BCUT2D eigenvalue weighted by Crippen LogP contribution is 2.48. The van der Waals surface area contributed by atoms with Crippen LogP contribution in [0.1, 0.15) is 31.4 Å². The first-order chi connectivity index (χ1) is 11.8. The molecule has 0 aromatic carbocycles. The topological polar surface area (TPSA) is 107 Å². The second-order valence-electron chi connectivity index (χ2n) is 7.34. The number of carbonyl (C=O) groups is 1. The Morgan fingerprint density at radius 1 is 1.20 bits per heavy atom. The van der Waals surface area contributed by atoms with E-state index >= 15 is 0 Å². The number of likely N-dealkylation sites (tertiary alicyclic amines) is 1. The standard InChI is InChI=1S/C16H19N5O3S/c1-25(23,24)21-11-16(12-13(21)19-7-6-18-12)9-20(10-16)14(22)15(8-17)4-2-3-5-15/h6-7H,2-5,9-11H2,1H3. The highest BCUT2D eigenvalue weighted by Gasteiger charge is 2.58. The van der Waals surface area contributed by atoms with Gasteiger partial charge in [-0.05, 0) is 12.8 Å². The average molecular weight is 361 g/mol. The zero-order valence-corrected chi connectivity index (χ0v) is 14.8. The molecule has 4 rings (SSSR count). The fourth-order valence-electron chi connectivity index (χ4n) is 4.32. The van der Waals surface area contributed by atoms with E-state index in [0.717, 1.165) is 19.1 Å². The number of hydrogen-bond donors (Lipinski definition) is 0. The van der Waals surface area contributed by atoms with Crippen LogP contribution in [0.2, 0.25) is 0 Å². The van der Waals surface area contributed by atoms with Gasteiger partial charge >= 0.3 is 0 Å². The van der Waals surface area contributed by atoms with Crippen LogP contribution in [-0.4, -0.2) is 55.1 Å². The fraction of sp³-hybridized carbons (Fsp3) is 0.625. The number of anilines is 1. The predicted octanol–water partition coefficient (Wildman–Crippen LogP) is 0.420. The Balaban J connectivity index is 1.61. The molecule has 1 aliphatic carbocycles. The number of hydrogen-bond acceptors (Lipinski definition) is 6. The van der Waals surface area contributed by atoms with E-state index in [1.165, 1.54) is 10.5 Å². The molecule has 132 valence electrons. The normalized spacial score (nSPS) is 23.2. The molecule has 1 amide bonds. The van der Waals surface area contributed by atoms with Gasteiger partial charge in [0.1, 0.15) is 5.41 Å². The van der Waals surface area contributed by atoms with Gasteiger partial charge in [0.2, 0.25) is 15.9 Å². The number of rotatable bonds is 2. The number of nitrogens with zero attached hydrogens (tertiary/aromatic N) is 5. The molecule has 2 fully saturated rings. The van der Waals surface area contributed by atoms with Crippen molar-refractivity contribution in [3.05, 3.63) is 18.1 Å². The summed E-state index contributed by atoms with van der Waals surface area (Å²) in [7, 11) is -3.46. The van der Waals surface area contributed by atoms with Crippen LogP contribution >= 0.6 is 0 Å². The maximum absolute atomic E-state index is 12.8. The zero-order chi connectivity index (χ0) is 17.9. The van der Waals surface area contributed by atoms with Gasteiger partial charge in [-0.15, -0.1) is 0 Å². The number of amides is 1. The molecular formula is C16H19N5O3S. The summed E-state index contributed by atoms with van der Waals surface area (Å²) in [6.45, 7) is 1.01. The quantitative estimate of drug-likeness (QED) is 0.755. The summed E-state index contributed by atoms with van der Waals surface area (Å²) in [6, 6.07) is 2.23. The molecule has 25 heavy (non-hydrogen) atoms. The van der Waals surface area contributed by atoms with E-state index in [4.69, 9.17) is 0 Å². The molecule has 1 aromatic heterocycles. The lowest BCUT2D eigenvalue weighted by molar-refractivity contribution is -0.146. The van der Waals surface area contributed by atoms with Crippen molar-refractivity contribution in [3.63, 3.8) is 0 Å². The van der Waals surface area contributed by atoms with Gasteiger partial charge in [-0.3, -0.25) is 14.1 Å². The van der Waals surface area contributed by atoms with Gasteiger partial charge in [0.25, 0.3) is 0 Å². The maximum atomic E-state index is 12.8. The lowest BCUT2D eigenvalue weighted by atomic mass is 9.75. The molecule has 0 N–H and O–H groups in total. The van der Waals surface area contributed by atoms with Crippen molar-refractivity contribution in [2.24, 2.45) is 5.41 Å². The fourth-order valence-corrected chi connectivity index (χ4v) is 5.25. The van der Waals surface area contributed by atoms with Crippen molar-refractivity contribution in [3.8, 4) is 6.07 Å². The largest absolute Gasteiger partial charge is 0.339 e. The Hall–Kier alpha value is -2.21. The van der Waals surface area contributed by atoms with E-state index in [0.29, 0.717) is 37.4 Å². The number of fused-ring (bicyclic) bond motifs is 2. The van der Waals surface area contributed by atoms with E-state index in [9.17, 15) is 18.5 Å². The van der Waals surface area contributed by atoms with E-state index in [-0.39, 0.29) is 12.5 Å². The SMILES string of the molecule is CS(=O)(=O)N1CC2(CN(C(=O)C3(C#N)CCCC3)C2)c2nccnc21. The van der Waals surface area contributed by atoms with Crippen LogP contribution in [0.15, 0.2) is 12.4 Å². The summed E-state index contributed by atoms with van der Waals surface area (Å²) in [5.74, 6) is 0.231. The Kier molecular flexibility index (Phi) is 3.35. The molecular weight excluding hydrogens is 342 g/mol. The molecule has 3 heterocycles. The zero-order valence-electron chi connectivity index (χ0n) is 14.0. The van der Waals surface area contributed by atoms with Gasteiger partial charge in [0.15, 0.2) is 5.82 Å². The summed E-state index contributed by atoms with van der Waals surface area (Å²) in [6.07, 6.45) is 7.18. The Labute approximate surface area is 146 Å². The summed E-state index contributed by atoms with van der Waals surface area (Å²) >= 11 is 0. The van der Waals surface area contributed by atoms with Gasteiger partial charge in [-0.2, -0.15) is 5.26 Å². The molecule has 9 heteroatoms. The van der Waals surface area contributed by atoms with Gasteiger partial charge in [0, 0.05) is 25.5 Å². The molecule has 0 bridgehead atoms. The molecule has 1 spiro atoms. The lowest BCUT2D eigenvalue weighted by Crippen LogP contribution is -2.65. The molecule has 3 aliphatic rings. The first-order valence-electron chi connectivity index (χ1n) is 8.31. The third kappa shape index (κ3) is 2.24. The van der Waals surface area contributed by atoms with Gasteiger partial charge in [-0.25, -0.2) is 13.4 Å². The molecule has 8 nitrogen and oxygen atoms in total. The number of nitriles is 1. The van der Waals surface area contributed by atoms with E-state index in [2.05, 4.69) is 16.0 Å². The van der Waals surface area contributed by atoms with Gasteiger partial charge in [-0.1, -0.05) is 12.8 Å². The van der Waals surface area contributed by atoms with E-state index in [1.807, 2.05) is 0 Å². The lowest BCUT2D eigenvalue weighted by Gasteiger charge is -2.49. The average Bonchev–Trinajstić information content (AvgIpc) is 3.16. The van der Waals surface area contributed by atoms with E-state index < -0.39 is 20.9 Å². The number of sulfonamides is 1. The molecule has 1 saturated heterocycles. The Morgan fingerprint density at radius 2 is 1.84 bits per heavy atom. The second-order valence-corrected chi connectivity index (χ2v) is 9.25. The summed E-state index contributed by atoms with van der Waals surface area (Å²) in [5, 5.41) is 9.51.